The minimum absolute atomic E-state index is 0.214. The molecule has 1 amide bonds. The van der Waals surface area contributed by atoms with Gasteiger partial charge in [-0.1, -0.05) is 6.08 Å². The maximum atomic E-state index is 12.5. The van der Waals surface area contributed by atoms with Crippen LogP contribution in [0.25, 0.3) is 0 Å². The lowest BCUT2D eigenvalue weighted by Crippen LogP contribution is -2.39. The van der Waals surface area contributed by atoms with E-state index < -0.39 is 18.3 Å². The number of alkyl halides is 2. The molecule has 0 spiro atoms. The third-order valence-electron chi connectivity index (χ3n) is 1.07. The van der Waals surface area contributed by atoms with Crippen molar-refractivity contribution in [3.8, 4) is 0 Å². The van der Waals surface area contributed by atoms with Crippen LogP contribution in [0.1, 0.15) is 13.3 Å². The summed E-state index contributed by atoms with van der Waals surface area (Å²) >= 11 is 0. The van der Waals surface area contributed by atoms with Gasteiger partial charge in [0, 0.05) is 13.0 Å². The third kappa shape index (κ3) is 3.11. The highest BCUT2D eigenvalue weighted by Crippen LogP contribution is 2.18. The van der Waals surface area contributed by atoms with E-state index in [1.54, 1.807) is 6.92 Å². The van der Waals surface area contributed by atoms with Crippen molar-refractivity contribution >= 4 is 5.91 Å². The Kier molecular flexibility index (Phi) is 3.71. The van der Waals surface area contributed by atoms with Gasteiger partial charge in [-0.25, -0.2) is 0 Å². The van der Waals surface area contributed by atoms with Gasteiger partial charge in [-0.3, -0.25) is 4.79 Å². The number of nitrogens with one attached hydrogen (secondary N) is 1. The Morgan fingerprint density at radius 1 is 1.73 bits per heavy atom. The molecule has 0 aromatic heterocycles. The quantitative estimate of drug-likeness (QED) is 0.622. The summed E-state index contributed by atoms with van der Waals surface area (Å²) in [5.41, 5.74) is 0. The van der Waals surface area contributed by atoms with Crippen molar-refractivity contribution in [3.05, 3.63) is 12.7 Å². The Balaban J connectivity index is 4.05. The average molecular weight is 163 g/mol. The molecule has 0 aromatic rings. The Labute approximate surface area is 64.3 Å². The molecule has 4 heteroatoms. The molecule has 0 saturated heterocycles. The molecule has 0 rings (SSSR count). The summed E-state index contributed by atoms with van der Waals surface area (Å²) in [7, 11) is 0. The van der Waals surface area contributed by atoms with Gasteiger partial charge in [0.05, 0.1) is 0 Å². The van der Waals surface area contributed by atoms with E-state index in [-0.39, 0.29) is 6.54 Å². The topological polar surface area (TPSA) is 29.1 Å². The van der Waals surface area contributed by atoms with E-state index in [0.717, 1.165) is 6.08 Å². The lowest BCUT2D eigenvalue weighted by atomic mass is 10.2. The van der Waals surface area contributed by atoms with E-state index in [0.29, 0.717) is 0 Å². The maximum Gasteiger partial charge on any atom is 0.327 e. The highest BCUT2D eigenvalue weighted by Gasteiger charge is 2.36. The molecule has 11 heavy (non-hydrogen) atoms. The van der Waals surface area contributed by atoms with Crippen molar-refractivity contribution < 1.29 is 13.6 Å². The smallest absolute Gasteiger partial charge is 0.327 e. The van der Waals surface area contributed by atoms with Gasteiger partial charge in [0.15, 0.2) is 0 Å². The van der Waals surface area contributed by atoms with E-state index in [9.17, 15) is 13.6 Å². The molecule has 0 aromatic carbocycles. The highest BCUT2D eigenvalue weighted by atomic mass is 19.3. The number of rotatable bonds is 4. The predicted octanol–water partition coefficient (Wildman–Crippen LogP) is 1.33. The van der Waals surface area contributed by atoms with Crippen LogP contribution in [0.3, 0.4) is 0 Å². The second-order valence-corrected chi connectivity index (χ2v) is 2.06. The first kappa shape index (κ1) is 10.1. The molecule has 1 N–H and O–H groups in total. The fraction of sp³-hybridized carbons (Fsp3) is 0.571. The molecule has 2 nitrogen and oxygen atoms in total. The van der Waals surface area contributed by atoms with Gasteiger partial charge in [0.1, 0.15) is 0 Å². The molecule has 0 atom stereocenters. The van der Waals surface area contributed by atoms with Crippen molar-refractivity contribution in [2.75, 3.05) is 6.54 Å². The molecule has 0 aliphatic rings. The fourth-order valence-corrected chi connectivity index (χ4v) is 0.564. The minimum atomic E-state index is -3.31. The van der Waals surface area contributed by atoms with E-state index in [2.05, 4.69) is 6.58 Å². The molecule has 0 fully saturated rings. The van der Waals surface area contributed by atoms with Gasteiger partial charge in [0.25, 0.3) is 5.91 Å². The molecule has 0 radical (unpaired) electrons. The van der Waals surface area contributed by atoms with Crippen LogP contribution in [0.5, 0.6) is 0 Å². The summed E-state index contributed by atoms with van der Waals surface area (Å²) in [6.07, 6.45) is 0.411. The number of amides is 1. The van der Waals surface area contributed by atoms with E-state index in [1.807, 2.05) is 5.32 Å². The molecule has 64 valence electrons. The Bertz CT molecular complexity index is 157. The number of carbonyl (C=O) groups excluding carboxylic acids is 1. The normalized spacial score (nSPS) is 10.8. The van der Waals surface area contributed by atoms with Crippen LogP contribution in [0.15, 0.2) is 12.7 Å². The summed E-state index contributed by atoms with van der Waals surface area (Å²) in [4.78, 5) is 10.5. The molecule has 0 aliphatic heterocycles. The minimum Gasteiger partial charge on any atom is -0.351 e. The van der Waals surface area contributed by atoms with Gasteiger partial charge < -0.3 is 5.32 Å². The van der Waals surface area contributed by atoms with E-state index in [1.165, 1.54) is 0 Å². The van der Waals surface area contributed by atoms with Gasteiger partial charge in [-0.05, 0) is 6.92 Å². The summed E-state index contributed by atoms with van der Waals surface area (Å²) in [6.45, 7) is 4.93. The molecule has 0 saturated carbocycles. The molecule has 0 unspecified atom stereocenters. The average Bonchev–Trinajstić information content (AvgIpc) is 1.88. The Morgan fingerprint density at radius 3 is 2.64 bits per heavy atom. The number of hydrogen-bond donors (Lipinski definition) is 1. The number of allylic oxidation sites excluding steroid dienone is 1. The Morgan fingerprint density at radius 2 is 2.27 bits per heavy atom. The van der Waals surface area contributed by atoms with Crippen molar-refractivity contribution in [2.24, 2.45) is 0 Å². The van der Waals surface area contributed by atoms with Gasteiger partial charge in [0.2, 0.25) is 0 Å². The second kappa shape index (κ2) is 4.05. The summed E-state index contributed by atoms with van der Waals surface area (Å²) in [6, 6.07) is 0. The van der Waals surface area contributed by atoms with Crippen LogP contribution in [0.4, 0.5) is 8.78 Å². The zero-order valence-electron chi connectivity index (χ0n) is 6.36. The molecular formula is C7H11F2NO. The first-order chi connectivity index (χ1) is 5.04. The predicted molar refractivity (Wildman–Crippen MR) is 38.4 cm³/mol. The summed E-state index contributed by atoms with van der Waals surface area (Å²) in [5.74, 6) is -4.54. The second-order valence-electron chi connectivity index (χ2n) is 2.06. The first-order valence-corrected chi connectivity index (χ1v) is 3.31. The number of carbonyl (C=O) groups is 1. The fourth-order valence-electron chi connectivity index (χ4n) is 0.564. The molecule has 0 aliphatic carbocycles. The largest absolute Gasteiger partial charge is 0.351 e. The van der Waals surface area contributed by atoms with Crippen LogP contribution < -0.4 is 5.32 Å². The van der Waals surface area contributed by atoms with Gasteiger partial charge in [-0.2, -0.15) is 8.78 Å². The van der Waals surface area contributed by atoms with E-state index in [4.69, 9.17) is 0 Å². The first-order valence-electron chi connectivity index (χ1n) is 3.31. The van der Waals surface area contributed by atoms with Gasteiger partial charge >= 0.3 is 5.92 Å². The molecule has 0 heterocycles. The van der Waals surface area contributed by atoms with Crippen molar-refractivity contribution in [1.82, 2.24) is 5.32 Å². The van der Waals surface area contributed by atoms with Crippen LogP contribution in [-0.4, -0.2) is 18.4 Å². The lowest BCUT2D eigenvalue weighted by molar-refractivity contribution is -0.144. The monoisotopic (exact) mass is 163 g/mol. The van der Waals surface area contributed by atoms with Crippen molar-refractivity contribution in [3.63, 3.8) is 0 Å². The lowest BCUT2D eigenvalue weighted by Gasteiger charge is -2.12. The van der Waals surface area contributed by atoms with Crippen LogP contribution in [0.2, 0.25) is 0 Å². The summed E-state index contributed by atoms with van der Waals surface area (Å²) < 4.78 is 25.0. The van der Waals surface area contributed by atoms with Crippen LogP contribution in [-0.2, 0) is 4.79 Å². The van der Waals surface area contributed by atoms with E-state index >= 15 is 0 Å². The molecule has 0 bridgehead atoms. The standard InChI is InChI=1S/C7H11F2NO/c1-3-5-7(8,9)6(11)10-4-2/h3H,1,4-5H2,2H3,(H,10,11). The van der Waals surface area contributed by atoms with Crippen molar-refractivity contribution in [2.45, 2.75) is 19.3 Å². The number of hydrogen-bond acceptors (Lipinski definition) is 1. The third-order valence-corrected chi connectivity index (χ3v) is 1.07. The van der Waals surface area contributed by atoms with Crippen molar-refractivity contribution in [1.29, 1.82) is 0 Å². The Hall–Kier alpha value is -0.930. The van der Waals surface area contributed by atoms with Gasteiger partial charge in [-0.15, -0.1) is 6.58 Å². The highest BCUT2D eigenvalue weighted by molar-refractivity contribution is 5.83. The SMILES string of the molecule is C=CCC(F)(F)C(=O)NCC. The number of halogens is 2. The zero-order chi connectivity index (χ0) is 8.91. The molecular weight excluding hydrogens is 152 g/mol. The van der Waals surface area contributed by atoms with Crippen LogP contribution in [0, 0.1) is 0 Å². The maximum absolute atomic E-state index is 12.5. The zero-order valence-corrected chi connectivity index (χ0v) is 6.36. The summed E-state index contributed by atoms with van der Waals surface area (Å²) in [5, 5.41) is 2.03. The van der Waals surface area contributed by atoms with Crippen LogP contribution >= 0.6 is 0 Å².